The quantitative estimate of drug-likeness (QED) is 0.504. The van der Waals surface area contributed by atoms with Crippen molar-refractivity contribution < 1.29 is 0 Å². The van der Waals surface area contributed by atoms with Crippen molar-refractivity contribution in [3.63, 3.8) is 0 Å². The summed E-state index contributed by atoms with van der Waals surface area (Å²) in [6.45, 7) is 5.31. The number of alkyl halides is 1. The second-order valence-electron chi connectivity index (χ2n) is 6.25. The Morgan fingerprint density at radius 2 is 1.43 bits per heavy atom. The second kappa shape index (κ2) is 5.30. The van der Waals surface area contributed by atoms with Gasteiger partial charge < -0.3 is 4.57 Å². The first-order valence-corrected chi connectivity index (χ1v) is 8.22. The highest BCUT2D eigenvalue weighted by molar-refractivity contribution is 9.09. The summed E-state index contributed by atoms with van der Waals surface area (Å²) in [4.78, 5) is 12.7. The highest BCUT2D eigenvalue weighted by Gasteiger charge is 2.19. The van der Waals surface area contributed by atoms with Crippen molar-refractivity contribution in [2.24, 2.45) is 5.41 Å². The number of hydrogen-bond donors (Lipinski definition) is 0. The van der Waals surface area contributed by atoms with Crippen molar-refractivity contribution in [1.82, 2.24) is 4.57 Å². The molecule has 0 saturated carbocycles. The fourth-order valence-electron chi connectivity index (χ4n) is 2.72. The zero-order valence-electron chi connectivity index (χ0n) is 12.3. The molecule has 0 fully saturated rings. The Morgan fingerprint density at radius 1 is 0.952 bits per heavy atom. The molecule has 3 heteroatoms. The van der Waals surface area contributed by atoms with Gasteiger partial charge in [-0.3, -0.25) is 4.79 Å². The molecule has 0 spiro atoms. The third-order valence-electron chi connectivity index (χ3n) is 3.83. The van der Waals surface area contributed by atoms with E-state index in [0.717, 1.165) is 33.7 Å². The number of fused-ring (bicyclic) bond motifs is 2. The van der Waals surface area contributed by atoms with Gasteiger partial charge in [0.25, 0.3) is 0 Å². The predicted octanol–water partition coefficient (Wildman–Crippen LogP) is 4.58. The number of para-hydroxylation sites is 2. The van der Waals surface area contributed by atoms with Gasteiger partial charge in [-0.05, 0) is 29.7 Å². The molecule has 2 aromatic carbocycles. The molecule has 3 aromatic rings. The monoisotopic (exact) mass is 343 g/mol. The summed E-state index contributed by atoms with van der Waals surface area (Å²) in [5.41, 5.74) is 2.25. The summed E-state index contributed by atoms with van der Waals surface area (Å²) in [6.07, 6.45) is 0. The molecular weight excluding hydrogens is 326 g/mol. The fraction of sp³-hybridized carbons (Fsp3) is 0.278. The Labute approximate surface area is 132 Å². The molecule has 0 aliphatic rings. The van der Waals surface area contributed by atoms with Crippen LogP contribution in [0.2, 0.25) is 0 Å². The van der Waals surface area contributed by atoms with Crippen molar-refractivity contribution in [3.05, 3.63) is 58.8 Å². The highest BCUT2D eigenvalue weighted by atomic mass is 79.9. The van der Waals surface area contributed by atoms with Crippen molar-refractivity contribution in [1.29, 1.82) is 0 Å². The van der Waals surface area contributed by atoms with Crippen molar-refractivity contribution in [3.8, 4) is 0 Å². The van der Waals surface area contributed by atoms with Crippen LogP contribution in [0.4, 0.5) is 0 Å². The van der Waals surface area contributed by atoms with E-state index in [1.165, 1.54) is 0 Å². The summed E-state index contributed by atoms with van der Waals surface area (Å²) in [5, 5.41) is 2.50. The van der Waals surface area contributed by atoms with Gasteiger partial charge in [-0.15, -0.1) is 0 Å². The van der Waals surface area contributed by atoms with E-state index in [1.54, 1.807) is 0 Å². The molecule has 0 atom stereocenters. The zero-order chi connectivity index (χ0) is 15.0. The van der Waals surface area contributed by atoms with Crippen LogP contribution in [0.25, 0.3) is 21.8 Å². The lowest BCUT2D eigenvalue weighted by molar-refractivity contribution is 0.365. The van der Waals surface area contributed by atoms with Gasteiger partial charge in [0, 0.05) is 22.6 Å². The first kappa shape index (κ1) is 14.3. The Balaban J connectivity index is 2.43. The van der Waals surface area contributed by atoms with Crippen molar-refractivity contribution in [2.75, 3.05) is 5.33 Å². The second-order valence-corrected chi connectivity index (χ2v) is 6.81. The van der Waals surface area contributed by atoms with Gasteiger partial charge in [0.05, 0.1) is 11.0 Å². The summed E-state index contributed by atoms with van der Waals surface area (Å²) in [5.74, 6) is 0. The van der Waals surface area contributed by atoms with Gasteiger partial charge in [-0.1, -0.05) is 54.0 Å². The summed E-state index contributed by atoms with van der Waals surface area (Å²) >= 11 is 3.60. The molecule has 21 heavy (non-hydrogen) atoms. The molecule has 0 aliphatic heterocycles. The lowest BCUT2D eigenvalue weighted by Crippen LogP contribution is -2.23. The van der Waals surface area contributed by atoms with E-state index in [0.29, 0.717) is 0 Å². The first-order chi connectivity index (χ1) is 10.0. The molecular formula is C18H18BrNO. The Bertz CT molecular complexity index is 804. The van der Waals surface area contributed by atoms with Crippen LogP contribution in [-0.2, 0) is 6.54 Å². The minimum Gasteiger partial charge on any atom is -0.340 e. The number of benzene rings is 2. The van der Waals surface area contributed by atoms with E-state index in [9.17, 15) is 4.79 Å². The average Bonchev–Trinajstić information content (AvgIpc) is 2.51. The number of pyridine rings is 1. The molecule has 0 amide bonds. The minimum absolute atomic E-state index is 0.112. The fourth-order valence-corrected chi connectivity index (χ4v) is 2.89. The van der Waals surface area contributed by atoms with Gasteiger partial charge >= 0.3 is 0 Å². The maximum absolute atomic E-state index is 12.7. The van der Waals surface area contributed by atoms with Crippen molar-refractivity contribution in [2.45, 2.75) is 20.4 Å². The van der Waals surface area contributed by atoms with E-state index < -0.39 is 0 Å². The molecule has 108 valence electrons. The van der Waals surface area contributed by atoms with Crippen LogP contribution < -0.4 is 5.43 Å². The Kier molecular flexibility index (Phi) is 3.62. The van der Waals surface area contributed by atoms with Crippen molar-refractivity contribution >= 4 is 37.7 Å². The largest absolute Gasteiger partial charge is 0.340 e. The van der Waals surface area contributed by atoms with Gasteiger partial charge in [-0.2, -0.15) is 0 Å². The maximum Gasteiger partial charge on any atom is 0.197 e. The molecule has 0 N–H and O–H groups in total. The maximum atomic E-state index is 12.7. The first-order valence-electron chi connectivity index (χ1n) is 7.10. The number of halogens is 1. The summed E-state index contributed by atoms with van der Waals surface area (Å²) in [7, 11) is 0. The van der Waals surface area contributed by atoms with E-state index in [-0.39, 0.29) is 10.8 Å². The number of hydrogen-bond acceptors (Lipinski definition) is 1. The number of nitrogens with zero attached hydrogens (tertiary/aromatic N) is 1. The highest BCUT2D eigenvalue weighted by Crippen LogP contribution is 2.26. The van der Waals surface area contributed by atoms with Crippen LogP contribution >= 0.6 is 15.9 Å². The van der Waals surface area contributed by atoms with E-state index in [4.69, 9.17) is 0 Å². The standard InChI is InChI=1S/C18H18BrNO/c1-18(2,11-19)12-20-15-9-5-3-7-13(15)17(21)14-8-4-6-10-16(14)20/h3-10H,11-12H2,1-2H3. The van der Waals surface area contributed by atoms with Gasteiger partial charge in [0.15, 0.2) is 5.43 Å². The molecule has 0 aliphatic carbocycles. The zero-order valence-corrected chi connectivity index (χ0v) is 13.9. The van der Waals surface area contributed by atoms with Gasteiger partial charge in [0.1, 0.15) is 0 Å². The summed E-state index contributed by atoms with van der Waals surface area (Å²) < 4.78 is 2.27. The van der Waals surface area contributed by atoms with Crippen LogP contribution in [0.3, 0.4) is 0 Å². The lowest BCUT2D eigenvalue weighted by atomic mass is 9.95. The van der Waals surface area contributed by atoms with E-state index in [2.05, 4.69) is 34.3 Å². The van der Waals surface area contributed by atoms with E-state index in [1.807, 2.05) is 48.5 Å². The van der Waals surface area contributed by atoms with Crippen LogP contribution in [0.15, 0.2) is 53.3 Å². The van der Waals surface area contributed by atoms with E-state index >= 15 is 0 Å². The molecule has 0 unspecified atom stereocenters. The molecule has 1 aromatic heterocycles. The van der Waals surface area contributed by atoms with Crippen LogP contribution in [-0.4, -0.2) is 9.90 Å². The molecule has 0 radical (unpaired) electrons. The lowest BCUT2D eigenvalue weighted by Gasteiger charge is -2.26. The third kappa shape index (κ3) is 2.51. The molecule has 3 rings (SSSR count). The smallest absolute Gasteiger partial charge is 0.197 e. The topological polar surface area (TPSA) is 22.0 Å². The molecule has 1 heterocycles. The van der Waals surface area contributed by atoms with Gasteiger partial charge in [0.2, 0.25) is 0 Å². The average molecular weight is 344 g/mol. The summed E-state index contributed by atoms with van der Waals surface area (Å²) in [6, 6.07) is 15.8. The Morgan fingerprint density at radius 3 is 1.90 bits per heavy atom. The number of rotatable bonds is 3. The molecule has 0 bridgehead atoms. The molecule has 0 saturated heterocycles. The Hall–Kier alpha value is -1.61. The number of aromatic nitrogens is 1. The van der Waals surface area contributed by atoms with Gasteiger partial charge in [-0.25, -0.2) is 0 Å². The predicted molar refractivity (Wildman–Crippen MR) is 93.3 cm³/mol. The minimum atomic E-state index is 0.112. The normalized spacial score (nSPS) is 12.1. The van der Waals surface area contributed by atoms with Crippen LogP contribution in [0.1, 0.15) is 13.8 Å². The third-order valence-corrected chi connectivity index (χ3v) is 5.34. The van der Waals surface area contributed by atoms with Crippen LogP contribution in [0, 0.1) is 5.41 Å². The molecule has 2 nitrogen and oxygen atoms in total. The SMILES string of the molecule is CC(C)(CBr)Cn1c2ccccc2c(=O)c2ccccc21. The van der Waals surface area contributed by atoms with Crippen LogP contribution in [0.5, 0.6) is 0 Å².